The maximum Gasteiger partial charge on any atom is 0.285 e. The van der Waals surface area contributed by atoms with E-state index in [4.69, 9.17) is 4.74 Å². The van der Waals surface area contributed by atoms with E-state index in [2.05, 4.69) is 5.32 Å². The molecule has 1 aliphatic heterocycles. The number of nitrogens with zero attached hydrogens (tertiary/aromatic N) is 1. The van der Waals surface area contributed by atoms with Crippen molar-refractivity contribution in [2.24, 2.45) is 0 Å². The molecule has 2 N–H and O–H groups in total. The van der Waals surface area contributed by atoms with Crippen molar-refractivity contribution < 1.29 is 19.6 Å². The molecule has 0 spiro atoms. The van der Waals surface area contributed by atoms with Crippen molar-refractivity contribution in [3.63, 3.8) is 0 Å². The molecule has 21 heavy (non-hydrogen) atoms. The summed E-state index contributed by atoms with van der Waals surface area (Å²) in [6, 6.07) is 4.61. The Labute approximate surface area is 122 Å². The van der Waals surface area contributed by atoms with E-state index in [1.54, 1.807) is 19.1 Å². The zero-order valence-electron chi connectivity index (χ0n) is 11.8. The molecule has 1 aliphatic rings. The molecule has 0 atom stereocenters. The summed E-state index contributed by atoms with van der Waals surface area (Å²) < 4.78 is 5.22. The largest absolute Gasteiger partial charge is 0.394 e. The third kappa shape index (κ3) is 3.20. The Morgan fingerprint density at radius 1 is 1.48 bits per heavy atom. The van der Waals surface area contributed by atoms with Gasteiger partial charge in [0.05, 0.1) is 17.1 Å². The van der Waals surface area contributed by atoms with Gasteiger partial charge in [-0.3, -0.25) is 14.9 Å². The number of carbonyl (C=O) groups is 1. The molecule has 0 aromatic heterocycles. The summed E-state index contributed by atoms with van der Waals surface area (Å²) >= 11 is 0. The maximum absolute atomic E-state index is 12.4. The first-order valence-electron chi connectivity index (χ1n) is 6.74. The van der Waals surface area contributed by atoms with Crippen molar-refractivity contribution in [1.29, 1.82) is 0 Å². The van der Waals surface area contributed by atoms with Crippen molar-refractivity contribution in [1.82, 2.24) is 5.32 Å². The first-order valence-corrected chi connectivity index (χ1v) is 6.74. The number of aryl methyl sites for hydroxylation is 1. The van der Waals surface area contributed by atoms with Gasteiger partial charge in [0.2, 0.25) is 0 Å². The minimum Gasteiger partial charge on any atom is -0.394 e. The van der Waals surface area contributed by atoms with E-state index in [9.17, 15) is 20.0 Å². The van der Waals surface area contributed by atoms with Gasteiger partial charge < -0.3 is 15.2 Å². The van der Waals surface area contributed by atoms with Gasteiger partial charge in [-0.1, -0.05) is 12.1 Å². The number of aliphatic hydroxyl groups is 1. The van der Waals surface area contributed by atoms with Crippen LogP contribution in [0.4, 0.5) is 5.69 Å². The molecular weight excluding hydrogens is 276 g/mol. The Morgan fingerprint density at radius 2 is 2.14 bits per heavy atom. The third-order valence-corrected chi connectivity index (χ3v) is 3.80. The number of carbonyl (C=O) groups excluding carboxylic acids is 1. The van der Waals surface area contributed by atoms with Crippen LogP contribution in [0.5, 0.6) is 0 Å². The molecule has 1 saturated heterocycles. The van der Waals surface area contributed by atoms with Crippen LogP contribution in [0.1, 0.15) is 28.8 Å². The molecule has 7 heteroatoms. The summed E-state index contributed by atoms with van der Waals surface area (Å²) in [4.78, 5) is 23.0. The Morgan fingerprint density at radius 3 is 2.71 bits per heavy atom. The van der Waals surface area contributed by atoms with Crippen LogP contribution >= 0.6 is 0 Å². The molecule has 1 aromatic rings. The molecule has 1 aromatic carbocycles. The molecule has 0 aliphatic carbocycles. The van der Waals surface area contributed by atoms with Gasteiger partial charge in [-0.05, 0) is 25.8 Å². The fourth-order valence-corrected chi connectivity index (χ4v) is 2.48. The van der Waals surface area contributed by atoms with Crippen LogP contribution in [0, 0.1) is 17.0 Å². The standard InChI is InChI=1S/C14H18N2O5/c1-10-3-2-4-11(12(10)16(19)20)13(18)15-14(9-17)5-7-21-8-6-14/h2-4,17H,5-9H2,1H3,(H,15,18). The molecule has 0 bridgehead atoms. The number of para-hydroxylation sites is 1. The van der Waals surface area contributed by atoms with E-state index in [1.165, 1.54) is 6.07 Å². The van der Waals surface area contributed by atoms with Gasteiger partial charge in [-0.25, -0.2) is 0 Å². The number of amides is 1. The fraction of sp³-hybridized carbons (Fsp3) is 0.500. The Hall–Kier alpha value is -1.99. The van der Waals surface area contributed by atoms with Crippen LogP contribution in [-0.4, -0.2) is 41.3 Å². The second-order valence-corrected chi connectivity index (χ2v) is 5.23. The average Bonchev–Trinajstić information content (AvgIpc) is 2.47. The van der Waals surface area contributed by atoms with Gasteiger partial charge in [-0.2, -0.15) is 0 Å². The smallest absolute Gasteiger partial charge is 0.285 e. The van der Waals surface area contributed by atoms with E-state index in [0.29, 0.717) is 31.6 Å². The van der Waals surface area contributed by atoms with Crippen molar-refractivity contribution in [2.45, 2.75) is 25.3 Å². The number of rotatable bonds is 4. The highest BCUT2D eigenvalue weighted by molar-refractivity contribution is 5.99. The fourth-order valence-electron chi connectivity index (χ4n) is 2.48. The minimum atomic E-state index is -0.771. The summed E-state index contributed by atoms with van der Waals surface area (Å²) in [6.07, 6.45) is 0.962. The number of nitro benzene ring substituents is 1. The molecule has 7 nitrogen and oxygen atoms in total. The highest BCUT2D eigenvalue weighted by Crippen LogP contribution is 2.25. The molecule has 1 fully saturated rings. The van der Waals surface area contributed by atoms with E-state index in [0.717, 1.165) is 0 Å². The van der Waals surface area contributed by atoms with Gasteiger partial charge in [0.1, 0.15) is 5.56 Å². The Bertz CT molecular complexity index is 552. The number of ether oxygens (including phenoxy) is 1. The predicted octanol–water partition coefficient (Wildman–Crippen LogP) is 1.17. The Balaban J connectivity index is 2.28. The zero-order chi connectivity index (χ0) is 15.5. The molecular formula is C14H18N2O5. The highest BCUT2D eigenvalue weighted by atomic mass is 16.6. The minimum absolute atomic E-state index is 0.0133. The first kappa shape index (κ1) is 15.4. The van der Waals surface area contributed by atoms with Gasteiger partial charge in [0, 0.05) is 18.8 Å². The quantitative estimate of drug-likeness (QED) is 0.641. The van der Waals surface area contributed by atoms with Crippen LogP contribution in [0.15, 0.2) is 18.2 Å². The summed E-state index contributed by atoms with van der Waals surface area (Å²) in [5, 5.41) is 23.5. The molecule has 114 valence electrons. The van der Waals surface area contributed by atoms with E-state index >= 15 is 0 Å². The van der Waals surface area contributed by atoms with Crippen LogP contribution in [-0.2, 0) is 4.74 Å². The van der Waals surface area contributed by atoms with Crippen molar-refractivity contribution in [3.8, 4) is 0 Å². The lowest BCUT2D eigenvalue weighted by Gasteiger charge is -2.36. The number of hydrogen-bond acceptors (Lipinski definition) is 5. The van der Waals surface area contributed by atoms with Gasteiger partial charge in [-0.15, -0.1) is 0 Å². The van der Waals surface area contributed by atoms with Gasteiger partial charge in [0.15, 0.2) is 0 Å². The molecule has 1 heterocycles. The Kier molecular flexibility index (Phi) is 4.54. The summed E-state index contributed by atoms with van der Waals surface area (Å²) in [7, 11) is 0. The van der Waals surface area contributed by atoms with Crippen LogP contribution in [0.3, 0.4) is 0 Å². The molecule has 2 rings (SSSR count). The lowest BCUT2D eigenvalue weighted by molar-refractivity contribution is -0.385. The maximum atomic E-state index is 12.4. The normalized spacial score (nSPS) is 17.2. The second kappa shape index (κ2) is 6.19. The first-order chi connectivity index (χ1) is 9.99. The van der Waals surface area contributed by atoms with Crippen molar-refractivity contribution >= 4 is 11.6 Å². The van der Waals surface area contributed by atoms with Crippen LogP contribution in [0.25, 0.3) is 0 Å². The van der Waals surface area contributed by atoms with Gasteiger partial charge in [0.25, 0.3) is 11.6 Å². The van der Waals surface area contributed by atoms with Crippen molar-refractivity contribution in [3.05, 3.63) is 39.4 Å². The molecule has 1 amide bonds. The molecule has 0 saturated carbocycles. The van der Waals surface area contributed by atoms with Gasteiger partial charge >= 0.3 is 0 Å². The van der Waals surface area contributed by atoms with Crippen LogP contribution < -0.4 is 5.32 Å². The number of nitro groups is 1. The lowest BCUT2D eigenvalue weighted by Crippen LogP contribution is -2.54. The topological polar surface area (TPSA) is 102 Å². The van der Waals surface area contributed by atoms with E-state index in [-0.39, 0.29) is 17.9 Å². The monoisotopic (exact) mass is 294 g/mol. The third-order valence-electron chi connectivity index (χ3n) is 3.80. The summed E-state index contributed by atoms with van der Waals surface area (Å²) in [5.41, 5.74) is -0.528. The zero-order valence-corrected chi connectivity index (χ0v) is 11.8. The van der Waals surface area contributed by atoms with E-state index < -0.39 is 16.4 Å². The van der Waals surface area contributed by atoms with Crippen molar-refractivity contribution in [2.75, 3.05) is 19.8 Å². The second-order valence-electron chi connectivity index (χ2n) is 5.23. The predicted molar refractivity (Wildman–Crippen MR) is 75.2 cm³/mol. The summed E-state index contributed by atoms with van der Waals surface area (Å²) in [5.74, 6) is -0.540. The SMILES string of the molecule is Cc1cccc(C(=O)NC2(CO)CCOCC2)c1[N+](=O)[O-]. The highest BCUT2D eigenvalue weighted by Gasteiger charge is 2.35. The average molecular weight is 294 g/mol. The lowest BCUT2D eigenvalue weighted by atomic mass is 9.90. The summed E-state index contributed by atoms with van der Waals surface area (Å²) in [6.45, 7) is 2.25. The number of hydrogen-bond donors (Lipinski definition) is 2. The van der Waals surface area contributed by atoms with Crippen LogP contribution in [0.2, 0.25) is 0 Å². The number of nitrogens with one attached hydrogen (secondary N) is 1. The molecule has 0 radical (unpaired) electrons. The number of aliphatic hydroxyl groups excluding tert-OH is 1. The van der Waals surface area contributed by atoms with E-state index in [1.807, 2.05) is 0 Å². The molecule has 0 unspecified atom stereocenters. The number of benzene rings is 1.